The van der Waals surface area contributed by atoms with Crippen molar-refractivity contribution in [2.75, 3.05) is 7.05 Å². The van der Waals surface area contributed by atoms with Gasteiger partial charge in [-0.3, -0.25) is 4.98 Å². The smallest absolute Gasteiger partial charge is 0.208 e. The molecular weight excluding hydrogens is 332 g/mol. The second-order valence-electron chi connectivity index (χ2n) is 5.01. The van der Waals surface area contributed by atoms with Gasteiger partial charge in [-0.2, -0.15) is 0 Å². The van der Waals surface area contributed by atoms with E-state index in [0.29, 0.717) is 6.54 Å². The van der Waals surface area contributed by atoms with Crippen LogP contribution in [0.3, 0.4) is 0 Å². The quantitative estimate of drug-likeness (QED) is 0.786. The lowest BCUT2D eigenvalue weighted by molar-refractivity contribution is 0.596. The van der Waals surface area contributed by atoms with Crippen LogP contribution in [0, 0.1) is 0 Å². The van der Waals surface area contributed by atoms with Gasteiger partial charge in [0.05, 0.1) is 15.3 Å². The number of sulfone groups is 1. The van der Waals surface area contributed by atoms with Crippen molar-refractivity contribution in [1.82, 2.24) is 10.3 Å². The molecule has 0 aliphatic carbocycles. The van der Waals surface area contributed by atoms with E-state index >= 15 is 0 Å². The van der Waals surface area contributed by atoms with Crippen LogP contribution in [-0.4, -0.2) is 20.4 Å². The maximum absolute atomic E-state index is 12.6. The van der Waals surface area contributed by atoms with Crippen LogP contribution in [0.15, 0.2) is 70.6 Å². The Kier molecular flexibility index (Phi) is 5.36. The van der Waals surface area contributed by atoms with Crippen LogP contribution in [-0.2, 0) is 16.4 Å². The third kappa shape index (κ3) is 3.37. The molecule has 3 rings (SSSR count). The fourth-order valence-electron chi connectivity index (χ4n) is 2.42. The molecule has 4 nitrogen and oxygen atoms in total. The van der Waals surface area contributed by atoms with Crippen molar-refractivity contribution in [3.8, 4) is 0 Å². The van der Waals surface area contributed by atoms with Crippen LogP contribution >= 0.6 is 12.4 Å². The Labute approximate surface area is 141 Å². The van der Waals surface area contributed by atoms with Crippen molar-refractivity contribution in [1.29, 1.82) is 0 Å². The van der Waals surface area contributed by atoms with Gasteiger partial charge in [0, 0.05) is 18.1 Å². The van der Waals surface area contributed by atoms with Gasteiger partial charge in [0.15, 0.2) is 0 Å². The molecule has 0 spiro atoms. The zero-order valence-corrected chi connectivity index (χ0v) is 14.2. The molecule has 0 fully saturated rings. The molecule has 6 heteroatoms. The van der Waals surface area contributed by atoms with Gasteiger partial charge in [0.1, 0.15) is 0 Å². The van der Waals surface area contributed by atoms with E-state index in [1.54, 1.807) is 36.4 Å². The molecule has 0 aliphatic heterocycles. The molecule has 0 radical (unpaired) electrons. The number of nitrogens with one attached hydrogen (secondary N) is 1. The molecule has 0 amide bonds. The normalized spacial score (nSPS) is 11.2. The van der Waals surface area contributed by atoms with E-state index in [0.717, 1.165) is 16.5 Å². The predicted octanol–water partition coefficient (Wildman–Crippen LogP) is 3.21. The molecule has 0 aliphatic rings. The molecular formula is C17H17ClN2O2S. The van der Waals surface area contributed by atoms with E-state index in [2.05, 4.69) is 10.3 Å². The van der Waals surface area contributed by atoms with Crippen LogP contribution in [0.4, 0.5) is 0 Å². The molecule has 0 atom stereocenters. The van der Waals surface area contributed by atoms with Crippen LogP contribution in [0.2, 0.25) is 0 Å². The lowest BCUT2D eigenvalue weighted by atomic mass is 10.1. The average Bonchev–Trinajstić information content (AvgIpc) is 2.56. The Morgan fingerprint density at radius 1 is 1.00 bits per heavy atom. The van der Waals surface area contributed by atoms with E-state index in [1.165, 1.54) is 6.20 Å². The molecule has 2 aromatic carbocycles. The summed E-state index contributed by atoms with van der Waals surface area (Å²) in [6.07, 6.45) is 1.43. The predicted molar refractivity (Wildman–Crippen MR) is 93.6 cm³/mol. The zero-order valence-electron chi connectivity index (χ0n) is 12.6. The fraction of sp³-hybridized carbons (Fsp3) is 0.118. The van der Waals surface area contributed by atoms with E-state index in [-0.39, 0.29) is 22.2 Å². The Bertz CT molecular complexity index is 912. The third-order valence-corrected chi connectivity index (χ3v) is 5.24. The number of pyridine rings is 1. The SMILES string of the molecule is CNCc1cccc2cc(S(=O)(=O)c3ccccc3)cnc12.Cl. The summed E-state index contributed by atoms with van der Waals surface area (Å²) in [5.41, 5.74) is 1.87. The number of hydrogen-bond acceptors (Lipinski definition) is 4. The van der Waals surface area contributed by atoms with Gasteiger partial charge in [-0.25, -0.2) is 8.42 Å². The zero-order chi connectivity index (χ0) is 15.6. The first-order chi connectivity index (χ1) is 10.6. The highest BCUT2D eigenvalue weighted by Gasteiger charge is 2.18. The first-order valence-corrected chi connectivity index (χ1v) is 8.43. The van der Waals surface area contributed by atoms with Crippen molar-refractivity contribution in [2.24, 2.45) is 0 Å². The van der Waals surface area contributed by atoms with Gasteiger partial charge in [0.25, 0.3) is 0 Å². The molecule has 1 heterocycles. The first-order valence-electron chi connectivity index (χ1n) is 6.95. The van der Waals surface area contributed by atoms with E-state index in [9.17, 15) is 8.42 Å². The molecule has 3 aromatic rings. The van der Waals surface area contributed by atoms with Gasteiger partial charge in [-0.1, -0.05) is 36.4 Å². The minimum absolute atomic E-state index is 0. The maximum Gasteiger partial charge on any atom is 0.208 e. The summed E-state index contributed by atoms with van der Waals surface area (Å²) < 4.78 is 25.3. The van der Waals surface area contributed by atoms with Crippen molar-refractivity contribution in [3.05, 3.63) is 66.4 Å². The highest BCUT2D eigenvalue weighted by molar-refractivity contribution is 7.91. The third-order valence-electron chi connectivity index (χ3n) is 3.50. The lowest BCUT2D eigenvalue weighted by Crippen LogP contribution is -2.07. The number of hydrogen-bond donors (Lipinski definition) is 1. The number of benzene rings is 2. The summed E-state index contributed by atoms with van der Waals surface area (Å²) in [7, 11) is -1.67. The summed E-state index contributed by atoms with van der Waals surface area (Å²) in [6, 6.07) is 15.9. The average molecular weight is 349 g/mol. The minimum atomic E-state index is -3.53. The highest BCUT2D eigenvalue weighted by Crippen LogP contribution is 2.24. The molecule has 0 unspecified atom stereocenters. The molecule has 0 saturated carbocycles. The van der Waals surface area contributed by atoms with E-state index < -0.39 is 9.84 Å². The summed E-state index contributed by atoms with van der Waals surface area (Å²) in [5, 5.41) is 3.91. The number of rotatable bonds is 4. The lowest BCUT2D eigenvalue weighted by Gasteiger charge is -2.08. The van der Waals surface area contributed by atoms with Crippen LogP contribution in [0.25, 0.3) is 10.9 Å². The minimum Gasteiger partial charge on any atom is -0.316 e. The monoisotopic (exact) mass is 348 g/mol. The second-order valence-corrected chi connectivity index (χ2v) is 6.96. The van der Waals surface area contributed by atoms with E-state index in [1.807, 2.05) is 25.2 Å². The van der Waals surface area contributed by atoms with Gasteiger partial charge in [-0.15, -0.1) is 12.4 Å². The standard InChI is InChI=1S/C17H16N2O2S.ClH/c1-18-11-14-7-5-6-13-10-16(12-19-17(13)14)22(20,21)15-8-3-2-4-9-15;/h2-10,12,18H,11H2,1H3;1H. The van der Waals surface area contributed by atoms with Gasteiger partial charge >= 0.3 is 0 Å². The number of aromatic nitrogens is 1. The van der Waals surface area contributed by atoms with Crippen LogP contribution < -0.4 is 5.32 Å². The topological polar surface area (TPSA) is 59.1 Å². The van der Waals surface area contributed by atoms with Crippen molar-refractivity contribution in [3.63, 3.8) is 0 Å². The number of halogens is 1. The Morgan fingerprint density at radius 2 is 1.74 bits per heavy atom. The van der Waals surface area contributed by atoms with Crippen molar-refractivity contribution < 1.29 is 8.42 Å². The van der Waals surface area contributed by atoms with E-state index in [4.69, 9.17) is 0 Å². The second kappa shape index (κ2) is 7.08. The van der Waals surface area contributed by atoms with Crippen molar-refractivity contribution in [2.45, 2.75) is 16.3 Å². The van der Waals surface area contributed by atoms with Gasteiger partial charge < -0.3 is 5.32 Å². The Morgan fingerprint density at radius 3 is 2.43 bits per heavy atom. The molecule has 0 bridgehead atoms. The molecule has 0 saturated heterocycles. The number of fused-ring (bicyclic) bond motifs is 1. The summed E-state index contributed by atoms with van der Waals surface area (Å²) >= 11 is 0. The summed E-state index contributed by atoms with van der Waals surface area (Å²) in [5.74, 6) is 0. The summed E-state index contributed by atoms with van der Waals surface area (Å²) in [4.78, 5) is 4.87. The van der Waals surface area contributed by atoms with Crippen LogP contribution in [0.5, 0.6) is 0 Å². The molecule has 1 N–H and O–H groups in total. The van der Waals surface area contributed by atoms with Gasteiger partial charge in [-0.05, 0) is 30.8 Å². The largest absolute Gasteiger partial charge is 0.316 e. The molecule has 120 valence electrons. The fourth-order valence-corrected chi connectivity index (χ4v) is 3.68. The summed E-state index contributed by atoms with van der Waals surface area (Å²) in [6.45, 7) is 0.690. The highest BCUT2D eigenvalue weighted by atomic mass is 35.5. The molecule has 1 aromatic heterocycles. The Hall–Kier alpha value is -1.95. The molecule has 23 heavy (non-hydrogen) atoms. The van der Waals surface area contributed by atoms with Crippen molar-refractivity contribution >= 4 is 33.1 Å². The maximum atomic E-state index is 12.6. The number of para-hydroxylation sites is 1. The number of nitrogens with zero attached hydrogens (tertiary/aromatic N) is 1. The van der Waals surface area contributed by atoms with Gasteiger partial charge in [0.2, 0.25) is 9.84 Å². The van der Waals surface area contributed by atoms with Crippen LogP contribution in [0.1, 0.15) is 5.56 Å². The Balaban J connectivity index is 0.00000192. The first kappa shape index (κ1) is 17.4.